The van der Waals surface area contributed by atoms with Gasteiger partial charge in [-0.15, -0.1) is 0 Å². The Labute approximate surface area is 119 Å². The Kier molecular flexibility index (Phi) is 3.93. The number of sulfonamides is 1. The van der Waals surface area contributed by atoms with E-state index < -0.39 is 10.0 Å². The third kappa shape index (κ3) is 3.34. The molecule has 0 aliphatic heterocycles. The zero-order chi connectivity index (χ0) is 14.0. The molecular weight excluding hydrogens is 334 g/mol. The largest absolute Gasteiger partial charge is 0.496 e. The van der Waals surface area contributed by atoms with Gasteiger partial charge in [0.25, 0.3) is 0 Å². The molecule has 102 valence electrons. The molecule has 1 heterocycles. The fourth-order valence-electron chi connectivity index (χ4n) is 1.62. The number of primary sulfonamides is 1. The van der Waals surface area contributed by atoms with E-state index in [1.54, 1.807) is 7.11 Å². The average molecular weight is 346 g/mol. The van der Waals surface area contributed by atoms with Crippen molar-refractivity contribution in [2.45, 2.75) is 11.4 Å². The van der Waals surface area contributed by atoms with E-state index in [1.165, 1.54) is 17.1 Å². The maximum Gasteiger partial charge on any atom is 0.241 e. The Morgan fingerprint density at radius 2 is 2.21 bits per heavy atom. The molecule has 6 nitrogen and oxygen atoms in total. The van der Waals surface area contributed by atoms with Crippen LogP contribution < -0.4 is 9.88 Å². The molecule has 0 amide bonds. The molecule has 0 radical (unpaired) electrons. The van der Waals surface area contributed by atoms with Crippen LogP contribution in [0.1, 0.15) is 5.56 Å². The van der Waals surface area contributed by atoms with Crippen molar-refractivity contribution in [3.05, 3.63) is 40.6 Å². The topological polar surface area (TPSA) is 87.2 Å². The van der Waals surface area contributed by atoms with Crippen LogP contribution in [0.2, 0.25) is 0 Å². The van der Waals surface area contributed by atoms with Gasteiger partial charge in [-0.3, -0.25) is 4.68 Å². The maximum atomic E-state index is 11.2. The second-order valence-corrected chi connectivity index (χ2v) is 6.35. The molecule has 8 heteroatoms. The Morgan fingerprint density at radius 1 is 1.47 bits per heavy atom. The minimum Gasteiger partial charge on any atom is -0.496 e. The monoisotopic (exact) mass is 345 g/mol. The van der Waals surface area contributed by atoms with Crippen molar-refractivity contribution in [3.63, 3.8) is 0 Å². The molecular formula is C11H12BrN3O3S. The molecule has 0 atom stereocenters. The van der Waals surface area contributed by atoms with Gasteiger partial charge in [0.2, 0.25) is 10.0 Å². The highest BCUT2D eigenvalue weighted by Gasteiger charge is 2.12. The third-order valence-electron chi connectivity index (χ3n) is 2.51. The van der Waals surface area contributed by atoms with Gasteiger partial charge in [0, 0.05) is 16.2 Å². The lowest BCUT2D eigenvalue weighted by atomic mass is 10.2. The van der Waals surface area contributed by atoms with Gasteiger partial charge in [-0.2, -0.15) is 5.10 Å². The van der Waals surface area contributed by atoms with Crippen LogP contribution in [0.15, 0.2) is 40.0 Å². The minimum absolute atomic E-state index is 0.0125. The van der Waals surface area contributed by atoms with Gasteiger partial charge >= 0.3 is 0 Å². The second kappa shape index (κ2) is 5.32. The van der Waals surface area contributed by atoms with Crippen LogP contribution in [0, 0.1) is 0 Å². The van der Waals surface area contributed by atoms with E-state index in [0.29, 0.717) is 12.3 Å². The number of hydrogen-bond acceptors (Lipinski definition) is 4. The summed E-state index contributed by atoms with van der Waals surface area (Å²) < 4.78 is 30.0. The van der Waals surface area contributed by atoms with Crippen molar-refractivity contribution in [2.24, 2.45) is 5.14 Å². The van der Waals surface area contributed by atoms with E-state index in [0.717, 1.165) is 10.0 Å². The lowest BCUT2D eigenvalue weighted by Crippen LogP contribution is -2.11. The summed E-state index contributed by atoms with van der Waals surface area (Å²) in [6, 6.07) is 5.57. The summed E-state index contributed by atoms with van der Waals surface area (Å²) in [6.07, 6.45) is 2.61. The number of ether oxygens (including phenoxy) is 1. The molecule has 0 aliphatic rings. The summed E-state index contributed by atoms with van der Waals surface area (Å²) in [5.41, 5.74) is 0.876. The molecule has 2 N–H and O–H groups in total. The van der Waals surface area contributed by atoms with Crippen LogP contribution >= 0.6 is 15.9 Å². The molecule has 2 rings (SSSR count). The van der Waals surface area contributed by atoms with Crippen LogP contribution in [-0.2, 0) is 16.6 Å². The molecule has 0 fully saturated rings. The summed E-state index contributed by atoms with van der Waals surface area (Å²) in [4.78, 5) is -0.0125. The number of rotatable bonds is 4. The number of halogens is 1. The molecule has 1 aromatic carbocycles. The minimum atomic E-state index is -3.72. The molecule has 0 saturated carbocycles. The molecule has 0 aliphatic carbocycles. The Morgan fingerprint density at radius 3 is 2.79 bits per heavy atom. The average Bonchev–Trinajstić information content (AvgIpc) is 2.77. The summed E-state index contributed by atoms with van der Waals surface area (Å²) >= 11 is 3.37. The highest BCUT2D eigenvalue weighted by molar-refractivity contribution is 9.10. The quantitative estimate of drug-likeness (QED) is 0.905. The molecule has 2 aromatic rings. The number of methoxy groups -OCH3 is 1. The van der Waals surface area contributed by atoms with E-state index in [-0.39, 0.29) is 4.90 Å². The first kappa shape index (κ1) is 14.0. The lowest BCUT2D eigenvalue weighted by molar-refractivity contribution is 0.407. The van der Waals surface area contributed by atoms with E-state index in [4.69, 9.17) is 9.88 Å². The van der Waals surface area contributed by atoms with Gasteiger partial charge in [0.1, 0.15) is 10.6 Å². The second-order valence-electron chi connectivity index (χ2n) is 3.87. The predicted octanol–water partition coefficient (Wildman–Crippen LogP) is 1.35. The highest BCUT2D eigenvalue weighted by atomic mass is 79.9. The summed E-state index contributed by atoms with van der Waals surface area (Å²) in [7, 11) is -2.15. The van der Waals surface area contributed by atoms with Gasteiger partial charge < -0.3 is 4.74 Å². The van der Waals surface area contributed by atoms with Gasteiger partial charge in [0.05, 0.1) is 19.9 Å². The fraction of sp³-hybridized carbons (Fsp3) is 0.182. The van der Waals surface area contributed by atoms with E-state index >= 15 is 0 Å². The predicted molar refractivity (Wildman–Crippen MR) is 73.4 cm³/mol. The van der Waals surface area contributed by atoms with Crippen molar-refractivity contribution in [1.82, 2.24) is 9.78 Å². The van der Waals surface area contributed by atoms with E-state index in [1.807, 2.05) is 18.2 Å². The molecule has 1 aromatic heterocycles. The van der Waals surface area contributed by atoms with Gasteiger partial charge in [-0.05, 0) is 18.2 Å². The van der Waals surface area contributed by atoms with Crippen molar-refractivity contribution in [2.75, 3.05) is 7.11 Å². The van der Waals surface area contributed by atoms with Crippen molar-refractivity contribution < 1.29 is 13.2 Å². The summed E-state index contributed by atoms with van der Waals surface area (Å²) in [6.45, 7) is 0.387. The van der Waals surface area contributed by atoms with Gasteiger partial charge in [-0.1, -0.05) is 15.9 Å². The number of benzene rings is 1. The zero-order valence-electron chi connectivity index (χ0n) is 10.1. The number of hydrogen-bond donors (Lipinski definition) is 1. The van der Waals surface area contributed by atoms with Crippen molar-refractivity contribution in [3.8, 4) is 5.75 Å². The molecule has 0 saturated heterocycles. The standard InChI is InChI=1S/C11H12BrN3O3S/c1-18-11-3-2-9(12)4-8(11)6-15-7-10(5-14-15)19(13,16)17/h2-5,7H,6H2,1H3,(H2,13,16,17). The first-order valence-electron chi connectivity index (χ1n) is 5.28. The van der Waals surface area contributed by atoms with Crippen LogP contribution in [-0.4, -0.2) is 25.3 Å². The lowest BCUT2D eigenvalue weighted by Gasteiger charge is -2.08. The number of nitrogens with two attached hydrogens (primary N) is 1. The highest BCUT2D eigenvalue weighted by Crippen LogP contribution is 2.23. The molecule has 19 heavy (non-hydrogen) atoms. The first-order valence-corrected chi connectivity index (χ1v) is 7.62. The third-order valence-corrected chi connectivity index (χ3v) is 3.87. The molecule has 0 unspecified atom stereocenters. The Bertz CT molecular complexity index is 697. The Hall–Kier alpha value is -1.38. The Balaban J connectivity index is 2.31. The molecule has 0 bridgehead atoms. The van der Waals surface area contributed by atoms with Crippen molar-refractivity contribution >= 4 is 26.0 Å². The number of aromatic nitrogens is 2. The SMILES string of the molecule is COc1ccc(Br)cc1Cn1cc(S(N)(=O)=O)cn1. The van der Waals surface area contributed by atoms with Crippen molar-refractivity contribution in [1.29, 1.82) is 0 Å². The summed E-state index contributed by atoms with van der Waals surface area (Å²) in [5, 5.41) is 9.00. The van der Waals surface area contributed by atoms with Gasteiger partial charge in [-0.25, -0.2) is 13.6 Å². The van der Waals surface area contributed by atoms with E-state index in [9.17, 15) is 8.42 Å². The first-order chi connectivity index (χ1) is 8.90. The zero-order valence-corrected chi connectivity index (χ0v) is 12.5. The molecule has 0 spiro atoms. The normalized spacial score (nSPS) is 11.5. The van der Waals surface area contributed by atoms with Crippen LogP contribution in [0.5, 0.6) is 5.75 Å². The van der Waals surface area contributed by atoms with Crippen LogP contribution in [0.25, 0.3) is 0 Å². The number of nitrogens with zero attached hydrogens (tertiary/aromatic N) is 2. The van der Waals surface area contributed by atoms with Crippen LogP contribution in [0.3, 0.4) is 0 Å². The summed E-state index contributed by atoms with van der Waals surface area (Å²) in [5.74, 6) is 0.704. The smallest absolute Gasteiger partial charge is 0.241 e. The van der Waals surface area contributed by atoms with E-state index in [2.05, 4.69) is 21.0 Å². The van der Waals surface area contributed by atoms with Gasteiger partial charge in [0.15, 0.2) is 0 Å². The van der Waals surface area contributed by atoms with Crippen LogP contribution in [0.4, 0.5) is 0 Å². The fourth-order valence-corrected chi connectivity index (χ4v) is 2.49. The maximum absolute atomic E-state index is 11.2.